The second-order valence-electron chi connectivity index (χ2n) is 6.40. The third-order valence-corrected chi connectivity index (χ3v) is 5.00. The molecule has 0 spiro atoms. The Morgan fingerprint density at radius 3 is 2.69 bits per heavy atom. The number of hydrogen-bond acceptors (Lipinski definition) is 6. The molecule has 1 aromatic carbocycles. The Balaban J connectivity index is 1.52. The van der Waals surface area contributed by atoms with Crippen LogP contribution in [0.3, 0.4) is 0 Å². The Morgan fingerprint density at radius 2 is 2.00 bits per heavy atom. The monoisotopic (exact) mass is 370 g/mol. The molecule has 0 saturated heterocycles. The zero-order chi connectivity index (χ0) is 18.5. The van der Waals surface area contributed by atoms with E-state index in [4.69, 9.17) is 4.52 Å². The lowest BCUT2D eigenvalue weighted by molar-refractivity contribution is -0.116. The zero-order valence-corrected chi connectivity index (χ0v) is 16.0. The molecule has 1 N–H and O–H groups in total. The average Bonchev–Trinajstić information content (AvgIpc) is 3.22. The van der Waals surface area contributed by atoms with Crippen molar-refractivity contribution in [3.8, 4) is 10.4 Å². The molecule has 0 aliphatic rings. The fraction of sp³-hybridized carbons (Fsp3) is 0.368. The van der Waals surface area contributed by atoms with Gasteiger partial charge in [0.2, 0.25) is 11.8 Å². The molecule has 136 valence electrons. The smallest absolute Gasteiger partial charge is 0.226 e. The third-order valence-electron chi connectivity index (χ3n) is 3.87. The number of aryl methyl sites for hydroxylation is 2. The Labute approximate surface area is 156 Å². The molecule has 0 aliphatic carbocycles. The molecule has 7 heteroatoms. The first kappa shape index (κ1) is 18.3. The van der Waals surface area contributed by atoms with Gasteiger partial charge in [0.05, 0.1) is 10.6 Å². The first-order valence-corrected chi connectivity index (χ1v) is 9.49. The number of nitrogens with zero attached hydrogens (tertiary/aromatic N) is 3. The molecule has 26 heavy (non-hydrogen) atoms. The molecular weight excluding hydrogens is 348 g/mol. The maximum Gasteiger partial charge on any atom is 0.226 e. The van der Waals surface area contributed by atoms with E-state index in [2.05, 4.69) is 20.4 Å². The quantitative estimate of drug-likeness (QED) is 0.658. The van der Waals surface area contributed by atoms with Gasteiger partial charge >= 0.3 is 0 Å². The van der Waals surface area contributed by atoms with Crippen LogP contribution in [0.1, 0.15) is 50.0 Å². The molecule has 0 aliphatic heterocycles. The van der Waals surface area contributed by atoms with Crippen molar-refractivity contribution in [2.24, 2.45) is 0 Å². The summed E-state index contributed by atoms with van der Waals surface area (Å²) in [5, 5.41) is 7.44. The molecule has 3 rings (SSSR count). The van der Waals surface area contributed by atoms with Gasteiger partial charge < -0.3 is 9.84 Å². The van der Waals surface area contributed by atoms with Crippen molar-refractivity contribution in [2.75, 3.05) is 5.32 Å². The van der Waals surface area contributed by atoms with Crippen LogP contribution >= 0.6 is 11.3 Å². The number of benzene rings is 1. The normalized spacial score (nSPS) is 11.1. The number of hydrogen-bond donors (Lipinski definition) is 1. The number of carbonyl (C=O) groups excluding carboxylic acids is 1. The van der Waals surface area contributed by atoms with Gasteiger partial charge in [0.25, 0.3) is 0 Å². The van der Waals surface area contributed by atoms with Gasteiger partial charge in [-0.15, -0.1) is 0 Å². The molecular formula is C19H22N4O2S. The maximum atomic E-state index is 12.2. The highest BCUT2D eigenvalue weighted by molar-refractivity contribution is 7.19. The molecule has 1 amide bonds. The summed E-state index contributed by atoms with van der Waals surface area (Å²) in [6, 6.07) is 10.1. The molecule has 2 heterocycles. The summed E-state index contributed by atoms with van der Waals surface area (Å²) in [4.78, 5) is 22.0. The van der Waals surface area contributed by atoms with Gasteiger partial charge in [-0.1, -0.05) is 60.7 Å². The van der Waals surface area contributed by atoms with Crippen LogP contribution in [0, 0.1) is 6.92 Å². The number of nitrogens with one attached hydrogen (secondary N) is 1. The minimum Gasteiger partial charge on any atom is -0.339 e. The second kappa shape index (κ2) is 8.23. The van der Waals surface area contributed by atoms with Gasteiger partial charge in [0, 0.05) is 18.8 Å². The lowest BCUT2D eigenvalue weighted by Gasteiger charge is -2.00. The van der Waals surface area contributed by atoms with Crippen LogP contribution in [-0.2, 0) is 11.2 Å². The summed E-state index contributed by atoms with van der Waals surface area (Å²) in [6.45, 7) is 5.99. The molecule has 0 atom stereocenters. The molecule has 3 aromatic rings. The highest BCUT2D eigenvalue weighted by Gasteiger charge is 2.13. The summed E-state index contributed by atoms with van der Waals surface area (Å²) in [5.41, 5.74) is 2.03. The number of rotatable bonds is 7. The van der Waals surface area contributed by atoms with Crippen LogP contribution in [0.2, 0.25) is 0 Å². The van der Waals surface area contributed by atoms with Crippen molar-refractivity contribution in [2.45, 2.75) is 46.0 Å². The number of aromatic nitrogens is 3. The van der Waals surface area contributed by atoms with E-state index in [1.807, 2.05) is 51.1 Å². The maximum absolute atomic E-state index is 12.2. The molecule has 2 aromatic heterocycles. The van der Waals surface area contributed by atoms with Crippen LogP contribution in [0.25, 0.3) is 10.4 Å². The van der Waals surface area contributed by atoms with Gasteiger partial charge in [-0.2, -0.15) is 4.98 Å². The average molecular weight is 370 g/mol. The second-order valence-corrected chi connectivity index (χ2v) is 7.40. The Morgan fingerprint density at radius 1 is 1.23 bits per heavy atom. The third kappa shape index (κ3) is 4.54. The van der Waals surface area contributed by atoms with E-state index in [0.29, 0.717) is 36.1 Å². The van der Waals surface area contributed by atoms with Crippen LogP contribution in [0.4, 0.5) is 5.13 Å². The number of thiazole rings is 1. The Hall–Kier alpha value is -2.54. The topological polar surface area (TPSA) is 80.9 Å². The highest BCUT2D eigenvalue weighted by Crippen LogP contribution is 2.32. The minimum absolute atomic E-state index is 0.0537. The summed E-state index contributed by atoms with van der Waals surface area (Å²) in [6.07, 6.45) is 1.64. The van der Waals surface area contributed by atoms with Gasteiger partial charge in [-0.25, -0.2) is 4.98 Å². The molecule has 0 saturated carbocycles. The van der Waals surface area contributed by atoms with Crippen molar-refractivity contribution in [1.82, 2.24) is 15.1 Å². The van der Waals surface area contributed by atoms with E-state index in [0.717, 1.165) is 16.1 Å². The van der Waals surface area contributed by atoms with Gasteiger partial charge in [-0.05, 0) is 18.9 Å². The van der Waals surface area contributed by atoms with Crippen molar-refractivity contribution in [3.63, 3.8) is 0 Å². The van der Waals surface area contributed by atoms with Gasteiger partial charge in [-0.3, -0.25) is 4.79 Å². The van der Waals surface area contributed by atoms with Crippen LogP contribution in [0.15, 0.2) is 34.9 Å². The van der Waals surface area contributed by atoms with E-state index >= 15 is 0 Å². The van der Waals surface area contributed by atoms with Crippen molar-refractivity contribution in [3.05, 3.63) is 47.7 Å². The van der Waals surface area contributed by atoms with Crippen LogP contribution in [0.5, 0.6) is 0 Å². The number of amides is 1. The molecule has 0 unspecified atom stereocenters. The largest absolute Gasteiger partial charge is 0.339 e. The first-order chi connectivity index (χ1) is 12.5. The minimum atomic E-state index is -0.0537. The van der Waals surface area contributed by atoms with E-state index in [-0.39, 0.29) is 11.8 Å². The predicted octanol–water partition coefficient (Wildman–Crippen LogP) is 4.59. The lowest BCUT2D eigenvalue weighted by atomic mass is 10.2. The molecule has 0 fully saturated rings. The summed E-state index contributed by atoms with van der Waals surface area (Å²) in [7, 11) is 0. The van der Waals surface area contributed by atoms with Crippen molar-refractivity contribution in [1.29, 1.82) is 0 Å². The van der Waals surface area contributed by atoms with Crippen molar-refractivity contribution >= 4 is 22.4 Å². The summed E-state index contributed by atoms with van der Waals surface area (Å²) in [5.74, 6) is 1.47. The Bertz CT molecular complexity index is 871. The summed E-state index contributed by atoms with van der Waals surface area (Å²) >= 11 is 1.49. The summed E-state index contributed by atoms with van der Waals surface area (Å²) < 4.78 is 5.19. The molecule has 0 radical (unpaired) electrons. The van der Waals surface area contributed by atoms with E-state index < -0.39 is 0 Å². The highest BCUT2D eigenvalue weighted by atomic mass is 32.1. The number of carbonyl (C=O) groups is 1. The Kier molecular flexibility index (Phi) is 5.78. The van der Waals surface area contributed by atoms with E-state index in [1.165, 1.54) is 11.3 Å². The molecule has 6 nitrogen and oxygen atoms in total. The SMILES string of the molecule is Cc1nc(NC(=O)CCCc2nc(C(C)C)no2)sc1-c1ccccc1. The van der Waals surface area contributed by atoms with Crippen LogP contribution < -0.4 is 5.32 Å². The number of anilines is 1. The standard InChI is InChI=1S/C19H22N4O2S/c1-12(2)18-22-16(25-23-18)11-7-10-15(24)21-19-20-13(3)17(26-19)14-8-5-4-6-9-14/h4-6,8-9,12H,7,10-11H2,1-3H3,(H,20,21,24). The zero-order valence-electron chi connectivity index (χ0n) is 15.2. The van der Waals surface area contributed by atoms with Gasteiger partial charge in [0.15, 0.2) is 11.0 Å². The molecule has 0 bridgehead atoms. The fourth-order valence-corrected chi connectivity index (χ4v) is 3.48. The van der Waals surface area contributed by atoms with E-state index in [1.54, 1.807) is 0 Å². The first-order valence-electron chi connectivity index (χ1n) is 8.68. The fourth-order valence-electron chi connectivity index (χ4n) is 2.49. The van der Waals surface area contributed by atoms with Gasteiger partial charge in [0.1, 0.15) is 0 Å². The van der Waals surface area contributed by atoms with Crippen molar-refractivity contribution < 1.29 is 9.32 Å². The predicted molar refractivity (Wildman–Crippen MR) is 102 cm³/mol. The lowest BCUT2D eigenvalue weighted by Crippen LogP contribution is -2.11. The van der Waals surface area contributed by atoms with Crippen LogP contribution in [-0.4, -0.2) is 21.0 Å². The van der Waals surface area contributed by atoms with E-state index in [9.17, 15) is 4.79 Å².